The fourth-order valence-electron chi connectivity index (χ4n) is 6.21. The standard InChI is InChI=1S/C29H26N2O10/c1-31(2)21-20-23(34)17-14(10-11-6-8-12(9-7-11)28(39)40)13-4-3-5-15(32)16(13)22(33)18(17)25(36)29(20,41)26(37)19(24(21)35)27(30)38/h3-10,17,20-21,23,32,34,36-37,41H,1-2H3,(H2,30,38)(H,39,40)/b14-10+/t17-,20-,21+,23+,29+/m1/s1. The van der Waals surface area contributed by atoms with E-state index in [0.717, 1.165) is 0 Å². The Morgan fingerprint density at radius 1 is 1.00 bits per heavy atom. The molecule has 0 aliphatic heterocycles. The number of aromatic carboxylic acids is 1. The Kier molecular flexibility index (Phi) is 6.37. The number of carbonyl (C=O) groups excluding carboxylic acids is 3. The van der Waals surface area contributed by atoms with Crippen LogP contribution in [-0.2, 0) is 9.59 Å². The number of phenols is 1. The van der Waals surface area contributed by atoms with E-state index in [2.05, 4.69) is 0 Å². The van der Waals surface area contributed by atoms with E-state index in [1.54, 1.807) is 0 Å². The number of rotatable bonds is 4. The number of hydrogen-bond donors (Lipinski definition) is 7. The number of phenolic OH excluding ortho intramolecular Hbond substituents is 1. The number of primary amides is 1. The van der Waals surface area contributed by atoms with Gasteiger partial charge in [0.15, 0.2) is 17.2 Å². The van der Waals surface area contributed by atoms with Gasteiger partial charge >= 0.3 is 5.97 Å². The molecule has 0 unspecified atom stereocenters. The lowest BCUT2D eigenvalue weighted by Gasteiger charge is -2.53. The number of aliphatic hydroxyl groups excluding tert-OH is 3. The SMILES string of the molecule is CN(C)[C@@H]1C(=O)C(C(N)=O)=C(O)[C@@]2(O)C(O)=C3C(=O)c4c(O)cccc4/C(=C\c4ccc(C(=O)O)cc4)[C@H]3[C@H](O)[C@@H]12. The third kappa shape index (κ3) is 3.79. The lowest BCUT2D eigenvalue weighted by atomic mass is 9.56. The van der Waals surface area contributed by atoms with Gasteiger partial charge in [-0.15, -0.1) is 0 Å². The molecule has 0 saturated carbocycles. The van der Waals surface area contributed by atoms with Crippen molar-refractivity contribution in [3.05, 3.63) is 87.4 Å². The fourth-order valence-corrected chi connectivity index (χ4v) is 6.21. The molecule has 41 heavy (non-hydrogen) atoms. The van der Waals surface area contributed by atoms with Gasteiger partial charge in [-0.1, -0.05) is 30.3 Å². The van der Waals surface area contributed by atoms with Crippen LogP contribution < -0.4 is 5.73 Å². The number of fused-ring (bicyclic) bond motifs is 3. The second-order valence-electron chi connectivity index (χ2n) is 10.4. The third-order valence-electron chi connectivity index (χ3n) is 8.01. The van der Waals surface area contributed by atoms with Crippen molar-refractivity contribution in [1.29, 1.82) is 0 Å². The molecular formula is C29H26N2O10. The predicted molar refractivity (Wildman–Crippen MR) is 143 cm³/mol. The molecule has 1 amide bonds. The zero-order valence-electron chi connectivity index (χ0n) is 21.8. The zero-order valence-corrected chi connectivity index (χ0v) is 21.8. The van der Waals surface area contributed by atoms with Gasteiger partial charge in [-0.05, 0) is 49.0 Å². The van der Waals surface area contributed by atoms with Crippen LogP contribution in [0.3, 0.4) is 0 Å². The average molecular weight is 563 g/mol. The minimum absolute atomic E-state index is 0.00655. The molecule has 3 aliphatic carbocycles. The topological polar surface area (TPSA) is 219 Å². The molecule has 0 fully saturated rings. The number of Topliss-reactive ketones (excluding diaryl/α,β-unsaturated/α-hetero) is 2. The second-order valence-corrected chi connectivity index (χ2v) is 10.4. The van der Waals surface area contributed by atoms with Crippen molar-refractivity contribution >= 4 is 35.1 Å². The number of nitrogens with two attached hydrogens (primary N) is 1. The Hall–Kier alpha value is -4.78. The minimum atomic E-state index is -2.97. The number of carbonyl (C=O) groups is 4. The molecular weight excluding hydrogens is 536 g/mol. The van der Waals surface area contributed by atoms with E-state index < -0.39 is 81.4 Å². The van der Waals surface area contributed by atoms with Crippen LogP contribution in [0.25, 0.3) is 11.6 Å². The van der Waals surface area contributed by atoms with Crippen molar-refractivity contribution in [2.45, 2.75) is 17.7 Å². The molecule has 3 aliphatic rings. The maximum absolute atomic E-state index is 13.8. The molecule has 0 spiro atoms. The van der Waals surface area contributed by atoms with E-state index in [9.17, 15) is 49.8 Å². The van der Waals surface area contributed by atoms with E-state index in [1.807, 2.05) is 0 Å². The molecule has 12 heteroatoms. The highest BCUT2D eigenvalue weighted by Crippen LogP contribution is 2.56. The summed E-state index contributed by atoms with van der Waals surface area (Å²) < 4.78 is 0. The first-order valence-corrected chi connectivity index (χ1v) is 12.4. The number of nitrogens with zero attached hydrogens (tertiary/aromatic N) is 1. The van der Waals surface area contributed by atoms with E-state index >= 15 is 0 Å². The van der Waals surface area contributed by atoms with Crippen LogP contribution in [0.5, 0.6) is 5.75 Å². The van der Waals surface area contributed by atoms with Crippen LogP contribution in [0.4, 0.5) is 0 Å². The Labute approximate surface area is 232 Å². The summed E-state index contributed by atoms with van der Waals surface area (Å²) in [7, 11) is 2.85. The quantitative estimate of drug-likeness (QED) is 0.258. The van der Waals surface area contributed by atoms with Crippen LogP contribution in [0.1, 0.15) is 31.8 Å². The zero-order chi connectivity index (χ0) is 30.1. The monoisotopic (exact) mass is 562 g/mol. The summed E-state index contributed by atoms with van der Waals surface area (Å²) in [5.41, 5.74) is 1.38. The Morgan fingerprint density at radius 3 is 2.20 bits per heavy atom. The summed E-state index contributed by atoms with van der Waals surface area (Å²) in [5, 5.41) is 66.2. The van der Waals surface area contributed by atoms with Crippen LogP contribution >= 0.6 is 0 Å². The van der Waals surface area contributed by atoms with Gasteiger partial charge in [-0.3, -0.25) is 19.3 Å². The molecule has 0 bridgehead atoms. The first-order chi connectivity index (χ1) is 19.2. The number of aliphatic hydroxyl groups is 4. The van der Waals surface area contributed by atoms with Gasteiger partial charge in [0.1, 0.15) is 22.8 Å². The Morgan fingerprint density at radius 2 is 1.63 bits per heavy atom. The van der Waals surface area contributed by atoms with Crippen LogP contribution in [0.15, 0.2) is 65.1 Å². The molecule has 0 radical (unpaired) electrons. The summed E-state index contributed by atoms with van der Waals surface area (Å²) >= 11 is 0. The molecule has 0 heterocycles. The lowest BCUT2D eigenvalue weighted by molar-refractivity contribution is -0.148. The average Bonchev–Trinajstić information content (AvgIpc) is 2.90. The largest absolute Gasteiger partial charge is 0.508 e. The molecule has 2 aromatic carbocycles. The highest BCUT2D eigenvalue weighted by atomic mass is 16.4. The highest BCUT2D eigenvalue weighted by molar-refractivity contribution is 6.23. The van der Waals surface area contributed by atoms with E-state index in [1.165, 1.54) is 67.5 Å². The van der Waals surface area contributed by atoms with Gasteiger partial charge < -0.3 is 36.4 Å². The molecule has 12 nitrogen and oxygen atoms in total. The number of benzene rings is 2. The smallest absolute Gasteiger partial charge is 0.335 e. The maximum Gasteiger partial charge on any atom is 0.335 e. The summed E-state index contributed by atoms with van der Waals surface area (Å²) in [6, 6.07) is 8.35. The van der Waals surface area contributed by atoms with E-state index in [-0.39, 0.29) is 22.3 Å². The Balaban J connectivity index is 1.86. The van der Waals surface area contributed by atoms with Crippen molar-refractivity contribution in [2.75, 3.05) is 14.1 Å². The number of likely N-dealkylation sites (N-methyl/N-ethyl adjacent to an activating group) is 1. The van der Waals surface area contributed by atoms with E-state index in [4.69, 9.17) is 5.73 Å². The van der Waals surface area contributed by atoms with Crippen molar-refractivity contribution in [1.82, 2.24) is 4.90 Å². The predicted octanol–water partition coefficient (Wildman–Crippen LogP) is 0.788. The first-order valence-electron chi connectivity index (χ1n) is 12.4. The minimum Gasteiger partial charge on any atom is -0.508 e. The number of ketones is 2. The highest BCUT2D eigenvalue weighted by Gasteiger charge is 2.66. The number of amides is 1. The number of carboxylic acid groups (broad SMARTS) is 1. The van der Waals surface area contributed by atoms with Gasteiger partial charge in [-0.25, -0.2) is 4.79 Å². The van der Waals surface area contributed by atoms with Gasteiger partial charge in [0.05, 0.1) is 34.8 Å². The Bertz CT molecular complexity index is 1640. The van der Waals surface area contributed by atoms with Crippen LogP contribution in [0.2, 0.25) is 0 Å². The number of hydrogen-bond acceptors (Lipinski definition) is 10. The van der Waals surface area contributed by atoms with Crippen LogP contribution in [-0.4, -0.2) is 90.8 Å². The molecule has 8 N–H and O–H groups in total. The van der Waals surface area contributed by atoms with E-state index in [0.29, 0.717) is 5.56 Å². The second kappa shape index (κ2) is 9.41. The molecule has 212 valence electrons. The molecule has 2 aromatic rings. The van der Waals surface area contributed by atoms with Crippen molar-refractivity contribution < 1.29 is 49.8 Å². The first kappa shape index (κ1) is 27.8. The van der Waals surface area contributed by atoms with Crippen LogP contribution in [0, 0.1) is 11.8 Å². The summed E-state index contributed by atoms with van der Waals surface area (Å²) in [6.07, 6.45) is -0.301. The summed E-state index contributed by atoms with van der Waals surface area (Å²) in [4.78, 5) is 51.9. The summed E-state index contributed by atoms with van der Waals surface area (Å²) in [6.45, 7) is 0. The normalized spacial score (nSPS) is 28.5. The van der Waals surface area contributed by atoms with Gasteiger partial charge in [0, 0.05) is 5.92 Å². The molecule has 5 rings (SSSR count). The fraction of sp³-hybridized carbons (Fsp3) is 0.241. The number of carboxylic acids is 1. The van der Waals surface area contributed by atoms with Gasteiger partial charge in [0.25, 0.3) is 5.91 Å². The van der Waals surface area contributed by atoms with Gasteiger partial charge in [0.2, 0.25) is 0 Å². The van der Waals surface area contributed by atoms with Crippen molar-refractivity contribution in [3.63, 3.8) is 0 Å². The molecule has 5 atom stereocenters. The third-order valence-corrected chi connectivity index (χ3v) is 8.01. The van der Waals surface area contributed by atoms with Gasteiger partial charge in [-0.2, -0.15) is 0 Å². The maximum atomic E-state index is 13.8. The molecule has 0 aromatic heterocycles. The number of aromatic hydroxyl groups is 1. The van der Waals surface area contributed by atoms with Crippen molar-refractivity contribution in [3.8, 4) is 5.75 Å². The lowest BCUT2D eigenvalue weighted by Crippen LogP contribution is -2.67. The molecule has 0 saturated heterocycles. The van der Waals surface area contributed by atoms with Crippen molar-refractivity contribution in [2.24, 2.45) is 17.6 Å². The summed E-state index contributed by atoms with van der Waals surface area (Å²) in [5.74, 6) is -10.5.